The number of terminal acetylenes is 1. The van der Waals surface area contributed by atoms with Crippen LogP contribution in [-0.4, -0.2) is 33.8 Å². The van der Waals surface area contributed by atoms with Crippen molar-refractivity contribution in [2.45, 2.75) is 38.3 Å². The van der Waals surface area contributed by atoms with Gasteiger partial charge < -0.3 is 9.96 Å². The van der Waals surface area contributed by atoms with Gasteiger partial charge in [-0.3, -0.25) is 0 Å². The highest BCUT2D eigenvalue weighted by atomic mass is 16.5. The second kappa shape index (κ2) is 8.97. The molecule has 1 saturated carbocycles. The molecule has 0 amide bonds. The Labute approximate surface area is 177 Å². The van der Waals surface area contributed by atoms with E-state index in [1.54, 1.807) is 18.5 Å². The van der Waals surface area contributed by atoms with Crippen molar-refractivity contribution in [3.05, 3.63) is 60.8 Å². The summed E-state index contributed by atoms with van der Waals surface area (Å²) in [5, 5.41) is 8.73. The van der Waals surface area contributed by atoms with E-state index in [0.717, 1.165) is 47.3 Å². The zero-order valence-corrected chi connectivity index (χ0v) is 16.8. The Kier molecular flexibility index (Phi) is 5.96. The van der Waals surface area contributed by atoms with E-state index in [4.69, 9.17) is 24.2 Å². The molecule has 2 aromatic heterocycles. The molecule has 3 aromatic rings. The number of hydrogen-bond acceptors (Lipinski definition) is 5. The summed E-state index contributed by atoms with van der Waals surface area (Å²) in [6, 6.07) is 8.39. The average Bonchev–Trinajstić information content (AvgIpc) is 3.42. The van der Waals surface area contributed by atoms with E-state index < -0.39 is 0 Å². The third-order valence-corrected chi connectivity index (χ3v) is 5.35. The summed E-state index contributed by atoms with van der Waals surface area (Å²) in [5.74, 6) is 3.87. The summed E-state index contributed by atoms with van der Waals surface area (Å²) < 4.78 is 7.89. The quantitative estimate of drug-likeness (QED) is 0.298. The lowest BCUT2D eigenvalue weighted by Gasteiger charge is -2.12. The number of aromatic nitrogens is 4. The molecule has 1 N–H and O–H groups in total. The molecule has 0 spiro atoms. The summed E-state index contributed by atoms with van der Waals surface area (Å²) in [6.45, 7) is 1.90. The zero-order chi connectivity index (χ0) is 20.9. The lowest BCUT2D eigenvalue weighted by atomic mass is 10.1. The van der Waals surface area contributed by atoms with Crippen LogP contribution in [0.3, 0.4) is 0 Å². The highest BCUT2D eigenvalue weighted by Crippen LogP contribution is 2.35. The number of hydrogen-bond donors (Lipinski definition) is 1. The molecule has 2 radical (unpaired) electrons. The SMILES string of the molecule is [B]NC1CCC(n2nc(-c3ccc(OC(/C=C\C#C)=C/C)cc3)c3cncnc32)C1. The van der Waals surface area contributed by atoms with Gasteiger partial charge in [-0.2, -0.15) is 5.10 Å². The molecular weight excluding hydrogens is 373 g/mol. The number of nitrogens with one attached hydrogen (secondary N) is 1. The predicted octanol–water partition coefficient (Wildman–Crippen LogP) is 3.73. The number of benzene rings is 1. The Morgan fingerprint density at radius 1 is 1.33 bits per heavy atom. The van der Waals surface area contributed by atoms with Crippen LogP contribution in [0.4, 0.5) is 0 Å². The molecule has 30 heavy (non-hydrogen) atoms. The minimum atomic E-state index is 0.264. The molecule has 0 saturated heterocycles. The van der Waals surface area contributed by atoms with E-state index in [0.29, 0.717) is 11.8 Å². The van der Waals surface area contributed by atoms with Crippen molar-refractivity contribution >= 4 is 19.0 Å². The average molecular weight is 395 g/mol. The van der Waals surface area contributed by atoms with Gasteiger partial charge in [-0.1, -0.05) is 5.92 Å². The molecule has 2 atom stereocenters. The van der Waals surface area contributed by atoms with Crippen LogP contribution < -0.4 is 9.96 Å². The Balaban J connectivity index is 1.64. The summed E-state index contributed by atoms with van der Waals surface area (Å²) in [5.41, 5.74) is 2.69. The second-order valence-electron chi connectivity index (χ2n) is 7.20. The van der Waals surface area contributed by atoms with Crippen LogP contribution in [0.1, 0.15) is 32.2 Å². The van der Waals surface area contributed by atoms with Crippen molar-refractivity contribution in [1.29, 1.82) is 0 Å². The molecule has 1 aromatic carbocycles. The number of allylic oxidation sites excluding steroid dienone is 3. The van der Waals surface area contributed by atoms with Crippen LogP contribution in [0.5, 0.6) is 5.75 Å². The Bertz CT molecular complexity index is 1130. The third kappa shape index (κ3) is 4.00. The first-order chi connectivity index (χ1) is 14.7. The Hall–Kier alpha value is -3.37. The molecule has 0 bridgehead atoms. The largest absolute Gasteiger partial charge is 0.458 e. The standard InChI is InChI=1S/C23H22BN5O/c1-3-5-6-19(4-2)30-20-11-7-16(8-12-20)22-21-14-25-15-26-23(21)29(28-22)18-10-9-17(13-18)27-24/h1,4-8,11-12,14-15,17-18,27H,9-10,13H2,2H3/b6-5-,19-4+. The van der Waals surface area contributed by atoms with Crippen LogP contribution in [-0.2, 0) is 0 Å². The van der Waals surface area contributed by atoms with E-state index in [1.807, 2.05) is 48.1 Å². The van der Waals surface area contributed by atoms with Gasteiger partial charge in [0.05, 0.1) is 11.4 Å². The van der Waals surface area contributed by atoms with E-state index in [9.17, 15) is 0 Å². The molecule has 1 aliphatic rings. The summed E-state index contributed by atoms with van der Waals surface area (Å²) in [7, 11) is 5.63. The summed E-state index contributed by atoms with van der Waals surface area (Å²) in [4.78, 5) is 8.72. The lowest BCUT2D eigenvalue weighted by Crippen LogP contribution is -2.23. The normalized spacial score (nSPS) is 19.4. The van der Waals surface area contributed by atoms with Gasteiger partial charge >= 0.3 is 0 Å². The van der Waals surface area contributed by atoms with Crippen molar-refractivity contribution in [3.63, 3.8) is 0 Å². The van der Waals surface area contributed by atoms with Gasteiger partial charge in [-0.25, -0.2) is 14.6 Å². The van der Waals surface area contributed by atoms with E-state index in [-0.39, 0.29) is 6.04 Å². The maximum Gasteiger partial charge on any atom is 0.178 e. The first-order valence-electron chi connectivity index (χ1n) is 9.95. The van der Waals surface area contributed by atoms with Crippen molar-refractivity contribution in [3.8, 4) is 29.4 Å². The van der Waals surface area contributed by atoms with Crippen molar-refractivity contribution in [2.24, 2.45) is 0 Å². The first kappa shape index (κ1) is 19.9. The molecular formula is C23H22BN5O. The third-order valence-electron chi connectivity index (χ3n) is 5.35. The number of fused-ring (bicyclic) bond motifs is 1. The van der Waals surface area contributed by atoms with Gasteiger partial charge in [-0.05, 0) is 74.7 Å². The monoisotopic (exact) mass is 395 g/mol. The molecule has 7 heteroatoms. The smallest absolute Gasteiger partial charge is 0.178 e. The first-order valence-corrected chi connectivity index (χ1v) is 9.95. The molecule has 1 aliphatic carbocycles. The van der Waals surface area contributed by atoms with Crippen LogP contribution in [0.2, 0.25) is 0 Å². The highest BCUT2D eigenvalue weighted by Gasteiger charge is 2.28. The molecule has 1 fully saturated rings. The van der Waals surface area contributed by atoms with Gasteiger partial charge in [0.25, 0.3) is 0 Å². The van der Waals surface area contributed by atoms with Crippen LogP contribution in [0, 0.1) is 12.3 Å². The van der Waals surface area contributed by atoms with Crippen molar-refractivity contribution < 1.29 is 4.74 Å². The number of nitrogens with zero attached hydrogens (tertiary/aromatic N) is 4. The Morgan fingerprint density at radius 2 is 2.17 bits per heavy atom. The fraction of sp³-hybridized carbons (Fsp3) is 0.261. The molecule has 0 aliphatic heterocycles. The van der Waals surface area contributed by atoms with Crippen LogP contribution in [0.25, 0.3) is 22.3 Å². The molecule has 2 heterocycles. The molecule has 4 rings (SSSR count). The molecule has 6 nitrogen and oxygen atoms in total. The van der Waals surface area contributed by atoms with Gasteiger partial charge in [0.2, 0.25) is 0 Å². The minimum absolute atomic E-state index is 0.264. The van der Waals surface area contributed by atoms with E-state index in [1.165, 1.54) is 0 Å². The maximum absolute atomic E-state index is 5.86. The van der Waals surface area contributed by atoms with Crippen molar-refractivity contribution in [2.75, 3.05) is 0 Å². The Morgan fingerprint density at radius 3 is 2.87 bits per heavy atom. The number of rotatable bonds is 6. The predicted molar refractivity (Wildman–Crippen MR) is 119 cm³/mol. The summed E-state index contributed by atoms with van der Waals surface area (Å²) in [6.07, 6.45) is 16.8. The topological polar surface area (TPSA) is 64.9 Å². The van der Waals surface area contributed by atoms with Gasteiger partial charge in [0.15, 0.2) is 13.6 Å². The molecule has 2 unspecified atom stereocenters. The lowest BCUT2D eigenvalue weighted by molar-refractivity contribution is 0.443. The summed E-state index contributed by atoms with van der Waals surface area (Å²) >= 11 is 0. The molecule has 148 valence electrons. The fourth-order valence-corrected chi connectivity index (χ4v) is 3.82. The zero-order valence-electron chi connectivity index (χ0n) is 16.8. The maximum atomic E-state index is 5.86. The van der Waals surface area contributed by atoms with Crippen molar-refractivity contribution in [1.82, 2.24) is 25.0 Å². The van der Waals surface area contributed by atoms with E-state index in [2.05, 4.69) is 21.1 Å². The number of ether oxygens (including phenoxy) is 1. The second-order valence-corrected chi connectivity index (χ2v) is 7.20. The van der Waals surface area contributed by atoms with Crippen LogP contribution in [0.15, 0.2) is 60.8 Å². The fourth-order valence-electron chi connectivity index (χ4n) is 3.82. The highest BCUT2D eigenvalue weighted by molar-refractivity contribution is 6.04. The van der Waals surface area contributed by atoms with E-state index >= 15 is 0 Å². The van der Waals surface area contributed by atoms with Gasteiger partial charge in [0, 0.05) is 11.8 Å². The minimum Gasteiger partial charge on any atom is -0.458 e. The van der Waals surface area contributed by atoms with Crippen LogP contribution >= 0.6 is 0 Å². The van der Waals surface area contributed by atoms with Gasteiger partial charge in [0.1, 0.15) is 23.5 Å². The van der Waals surface area contributed by atoms with Gasteiger partial charge in [-0.15, -0.1) is 6.42 Å².